The molecule has 0 saturated heterocycles. The molecule has 0 aliphatic rings. The maximum atomic E-state index is 13.5. The van der Waals surface area contributed by atoms with Gasteiger partial charge in [-0.3, -0.25) is 0 Å². The van der Waals surface area contributed by atoms with Gasteiger partial charge in [0, 0.05) is 23.8 Å². The molecule has 0 amide bonds. The summed E-state index contributed by atoms with van der Waals surface area (Å²) in [5, 5.41) is 0.861. The Balaban J connectivity index is 1.20. The minimum Gasteiger partial charge on any atom is -0.497 e. The van der Waals surface area contributed by atoms with Crippen molar-refractivity contribution >= 4 is 27.0 Å². The van der Waals surface area contributed by atoms with E-state index in [0.717, 1.165) is 36.8 Å². The average Bonchev–Trinajstić information content (AvgIpc) is 3.40. The van der Waals surface area contributed by atoms with E-state index in [9.17, 15) is 8.42 Å². The first-order chi connectivity index (χ1) is 21.0. The molecule has 0 aliphatic carbocycles. The number of unbranched alkanes of at least 4 members (excludes halogenated alkanes) is 8. The van der Waals surface area contributed by atoms with Crippen LogP contribution < -0.4 is 9.47 Å². The number of nitrogens with zero attached hydrogens (tertiary/aromatic N) is 1. The highest BCUT2D eigenvalue weighted by Crippen LogP contribution is 2.29. The molecule has 0 radical (unpaired) electrons. The third-order valence-electron chi connectivity index (χ3n) is 7.63. The minimum atomic E-state index is -3.63. The molecule has 1 aromatic heterocycles. The number of methoxy groups -OCH3 is 2. The van der Waals surface area contributed by atoms with E-state index in [1.54, 1.807) is 50.7 Å². The lowest BCUT2D eigenvalue weighted by atomic mass is 10.1. The van der Waals surface area contributed by atoms with Crippen molar-refractivity contribution < 1.29 is 22.6 Å². The zero-order chi connectivity index (χ0) is 30.3. The first kappa shape index (κ1) is 32.4. The van der Waals surface area contributed by atoms with Gasteiger partial charge in [-0.05, 0) is 60.7 Å². The third kappa shape index (κ3) is 10.0. The summed E-state index contributed by atoms with van der Waals surface area (Å²) in [7, 11) is -0.420. The molecule has 0 atom stereocenters. The molecule has 6 nitrogen and oxygen atoms in total. The monoisotopic (exact) mass is 603 g/mol. The van der Waals surface area contributed by atoms with Gasteiger partial charge in [0.2, 0.25) is 10.0 Å². The fraction of sp³-hybridized carbons (Fsp3) is 0.389. The summed E-state index contributed by atoms with van der Waals surface area (Å²) in [4.78, 5) is 0. The van der Waals surface area contributed by atoms with Crippen molar-refractivity contribution in [2.45, 2.75) is 70.1 Å². The number of ether oxygens (including phenoxy) is 3. The molecule has 0 saturated carbocycles. The molecule has 0 unspecified atom stereocenters. The number of hydrogen-bond acceptors (Lipinski definition) is 5. The van der Waals surface area contributed by atoms with E-state index >= 15 is 0 Å². The standard InChI is InChI=1S/C36H45NO5S/c1-40-33-21-19-31(20-22-33)29-43(38,39)37-27-32(35-26-34(41-2)23-24-36(35)37)18-14-9-7-5-3-4-6-8-10-15-25-42-28-30-16-12-11-13-17-30/h11-14,16-24,26-27H,3-10,15,25,28-29H2,1-2H3. The number of aromatic nitrogens is 1. The van der Waals surface area contributed by atoms with Gasteiger partial charge in [-0.1, -0.05) is 93.1 Å². The van der Waals surface area contributed by atoms with Crippen LogP contribution in [0.15, 0.2) is 85.1 Å². The summed E-state index contributed by atoms with van der Waals surface area (Å²) in [6.45, 7) is 1.54. The lowest BCUT2D eigenvalue weighted by Crippen LogP contribution is -2.14. The third-order valence-corrected chi connectivity index (χ3v) is 9.23. The number of benzene rings is 3. The zero-order valence-corrected chi connectivity index (χ0v) is 26.4. The Hall–Kier alpha value is -3.55. The summed E-state index contributed by atoms with van der Waals surface area (Å²) in [6.07, 6.45) is 16.6. The van der Waals surface area contributed by atoms with Crippen LogP contribution >= 0.6 is 0 Å². The van der Waals surface area contributed by atoms with Crippen LogP contribution in [0, 0.1) is 0 Å². The van der Waals surface area contributed by atoms with Crippen molar-refractivity contribution in [1.82, 2.24) is 3.97 Å². The van der Waals surface area contributed by atoms with E-state index in [4.69, 9.17) is 14.2 Å². The topological polar surface area (TPSA) is 66.8 Å². The molecule has 0 N–H and O–H groups in total. The molecule has 4 rings (SSSR count). The smallest absolute Gasteiger partial charge is 0.243 e. The Labute approximate surface area is 257 Å². The lowest BCUT2D eigenvalue weighted by molar-refractivity contribution is 0.116. The predicted molar refractivity (Wildman–Crippen MR) is 176 cm³/mol. The van der Waals surface area contributed by atoms with Crippen LogP contribution in [0.1, 0.15) is 74.5 Å². The van der Waals surface area contributed by atoms with E-state index in [2.05, 4.69) is 18.2 Å². The van der Waals surface area contributed by atoms with Gasteiger partial charge in [-0.15, -0.1) is 0 Å². The molecule has 3 aromatic carbocycles. The molecule has 0 spiro atoms. The molecular formula is C36H45NO5S. The van der Waals surface area contributed by atoms with Crippen LogP contribution in [-0.2, 0) is 27.1 Å². The van der Waals surface area contributed by atoms with E-state index in [1.807, 2.05) is 36.4 Å². The second kappa shape index (κ2) is 16.9. The Kier molecular flexibility index (Phi) is 12.7. The quantitative estimate of drug-likeness (QED) is 0.100. The fourth-order valence-electron chi connectivity index (χ4n) is 5.20. The van der Waals surface area contributed by atoms with Crippen molar-refractivity contribution in [3.05, 3.63) is 102 Å². The van der Waals surface area contributed by atoms with Gasteiger partial charge in [-0.2, -0.15) is 0 Å². The summed E-state index contributed by atoms with van der Waals surface area (Å²) in [5.74, 6) is 1.30. The Bertz CT molecular complexity index is 1530. The van der Waals surface area contributed by atoms with Crippen molar-refractivity contribution in [2.75, 3.05) is 20.8 Å². The summed E-state index contributed by atoms with van der Waals surface area (Å²) in [5.41, 5.74) is 3.47. The van der Waals surface area contributed by atoms with Crippen LogP contribution in [0.3, 0.4) is 0 Å². The Morgan fingerprint density at radius 3 is 2.07 bits per heavy atom. The second-order valence-corrected chi connectivity index (χ2v) is 12.8. The van der Waals surface area contributed by atoms with Crippen LogP contribution in [0.2, 0.25) is 0 Å². The largest absolute Gasteiger partial charge is 0.497 e. The lowest BCUT2D eigenvalue weighted by Gasteiger charge is -2.09. The minimum absolute atomic E-state index is 0.0992. The Morgan fingerprint density at radius 1 is 0.721 bits per heavy atom. The maximum absolute atomic E-state index is 13.5. The highest BCUT2D eigenvalue weighted by atomic mass is 32.2. The van der Waals surface area contributed by atoms with E-state index in [0.29, 0.717) is 29.2 Å². The van der Waals surface area contributed by atoms with Crippen LogP contribution in [0.25, 0.3) is 17.0 Å². The van der Waals surface area contributed by atoms with Crippen LogP contribution in [0.5, 0.6) is 11.5 Å². The predicted octanol–water partition coefficient (Wildman–Crippen LogP) is 8.78. The number of hydrogen-bond donors (Lipinski definition) is 0. The first-order valence-electron chi connectivity index (χ1n) is 15.3. The van der Waals surface area contributed by atoms with Crippen molar-refractivity contribution in [3.8, 4) is 11.5 Å². The normalized spacial score (nSPS) is 11.9. The van der Waals surface area contributed by atoms with Crippen molar-refractivity contribution in [1.29, 1.82) is 0 Å². The molecule has 0 fully saturated rings. The maximum Gasteiger partial charge on any atom is 0.243 e. The van der Waals surface area contributed by atoms with Gasteiger partial charge < -0.3 is 14.2 Å². The van der Waals surface area contributed by atoms with Gasteiger partial charge in [0.1, 0.15) is 11.5 Å². The van der Waals surface area contributed by atoms with E-state index in [-0.39, 0.29) is 5.75 Å². The molecule has 4 aromatic rings. The zero-order valence-electron chi connectivity index (χ0n) is 25.5. The first-order valence-corrected chi connectivity index (χ1v) is 16.9. The Morgan fingerprint density at radius 2 is 1.37 bits per heavy atom. The average molecular weight is 604 g/mol. The number of fused-ring (bicyclic) bond motifs is 1. The molecular weight excluding hydrogens is 558 g/mol. The fourth-order valence-corrected chi connectivity index (χ4v) is 6.68. The molecule has 0 bridgehead atoms. The molecule has 0 aliphatic heterocycles. The molecule has 1 heterocycles. The second-order valence-electron chi connectivity index (χ2n) is 10.9. The molecule has 7 heteroatoms. The molecule has 43 heavy (non-hydrogen) atoms. The summed E-state index contributed by atoms with van der Waals surface area (Å²) < 4.78 is 44.7. The van der Waals surface area contributed by atoms with Gasteiger partial charge in [0.15, 0.2) is 0 Å². The summed E-state index contributed by atoms with van der Waals surface area (Å²) >= 11 is 0. The SMILES string of the molecule is COc1ccc(CS(=O)(=O)n2cc(C=CCCCCCCCCCCOCc3ccccc3)c3cc(OC)ccc32)cc1. The summed E-state index contributed by atoms with van der Waals surface area (Å²) in [6, 6.07) is 23.0. The highest BCUT2D eigenvalue weighted by molar-refractivity contribution is 7.89. The van der Waals surface area contributed by atoms with Crippen molar-refractivity contribution in [3.63, 3.8) is 0 Å². The molecule has 230 valence electrons. The van der Waals surface area contributed by atoms with Crippen LogP contribution in [0.4, 0.5) is 0 Å². The van der Waals surface area contributed by atoms with Crippen molar-refractivity contribution in [2.24, 2.45) is 0 Å². The van der Waals surface area contributed by atoms with Crippen LogP contribution in [-0.4, -0.2) is 33.2 Å². The number of rotatable bonds is 19. The highest BCUT2D eigenvalue weighted by Gasteiger charge is 2.19. The van der Waals surface area contributed by atoms with E-state index < -0.39 is 10.0 Å². The van der Waals surface area contributed by atoms with E-state index in [1.165, 1.54) is 48.1 Å². The van der Waals surface area contributed by atoms with Gasteiger partial charge >= 0.3 is 0 Å². The van der Waals surface area contributed by atoms with Gasteiger partial charge in [0.05, 0.1) is 32.1 Å². The number of allylic oxidation sites excluding steroid dienone is 1. The van der Waals surface area contributed by atoms with Gasteiger partial charge in [-0.25, -0.2) is 12.4 Å². The van der Waals surface area contributed by atoms with Gasteiger partial charge in [0.25, 0.3) is 0 Å².